The molecule has 0 bridgehead atoms. The number of nitrogens with one attached hydrogen (secondary N) is 1. The summed E-state index contributed by atoms with van der Waals surface area (Å²) in [6.07, 6.45) is 1.79. The van der Waals surface area contributed by atoms with E-state index < -0.39 is 6.04 Å². The first kappa shape index (κ1) is 25.8. The summed E-state index contributed by atoms with van der Waals surface area (Å²) >= 11 is 6.03. The van der Waals surface area contributed by atoms with Gasteiger partial charge in [-0.05, 0) is 66.1 Å². The largest absolute Gasteiger partial charge is 0.496 e. The molecule has 1 N–H and O–H groups in total. The molecule has 3 aromatic carbocycles. The van der Waals surface area contributed by atoms with E-state index in [2.05, 4.69) is 17.4 Å². The second kappa shape index (κ2) is 11.6. The van der Waals surface area contributed by atoms with E-state index in [9.17, 15) is 9.59 Å². The van der Waals surface area contributed by atoms with Crippen molar-refractivity contribution in [3.63, 3.8) is 0 Å². The summed E-state index contributed by atoms with van der Waals surface area (Å²) in [5.74, 6) is 0.847. The lowest BCUT2D eigenvalue weighted by Crippen LogP contribution is -2.52. The number of benzene rings is 3. The molecule has 0 saturated carbocycles. The van der Waals surface area contributed by atoms with E-state index in [1.807, 2.05) is 73.3 Å². The molecule has 6 heteroatoms. The summed E-state index contributed by atoms with van der Waals surface area (Å²) < 4.78 is 5.48. The van der Waals surface area contributed by atoms with Crippen molar-refractivity contribution in [1.29, 1.82) is 0 Å². The van der Waals surface area contributed by atoms with Crippen molar-refractivity contribution in [2.45, 2.75) is 38.6 Å². The minimum atomic E-state index is -0.584. The fourth-order valence-electron chi connectivity index (χ4n) is 4.81. The maximum absolute atomic E-state index is 13.4. The molecule has 36 heavy (non-hydrogen) atoms. The van der Waals surface area contributed by atoms with Crippen LogP contribution >= 0.6 is 11.6 Å². The van der Waals surface area contributed by atoms with Crippen molar-refractivity contribution < 1.29 is 14.3 Å². The second-order valence-electron chi connectivity index (χ2n) is 9.63. The normalized spacial score (nSPS) is 15.0. The van der Waals surface area contributed by atoms with Crippen LogP contribution in [0.2, 0.25) is 5.02 Å². The van der Waals surface area contributed by atoms with Crippen LogP contribution < -0.4 is 10.1 Å². The number of halogens is 1. The molecular formula is C30H33ClN2O3. The summed E-state index contributed by atoms with van der Waals surface area (Å²) in [7, 11) is 1.63. The number of rotatable bonds is 7. The average Bonchev–Trinajstić information content (AvgIpc) is 2.91. The van der Waals surface area contributed by atoms with Crippen LogP contribution in [0.25, 0.3) is 11.1 Å². The number of carbonyl (C=O) groups excluding carboxylic acids is 2. The van der Waals surface area contributed by atoms with Crippen molar-refractivity contribution >= 4 is 23.4 Å². The van der Waals surface area contributed by atoms with Crippen molar-refractivity contribution in [2.24, 2.45) is 5.92 Å². The highest BCUT2D eigenvalue weighted by Crippen LogP contribution is 2.31. The Morgan fingerprint density at radius 2 is 1.67 bits per heavy atom. The number of carbonyl (C=O) groups is 2. The molecular weight excluding hydrogens is 472 g/mol. The first-order valence-corrected chi connectivity index (χ1v) is 12.8. The molecule has 0 spiro atoms. The van der Waals surface area contributed by atoms with Gasteiger partial charge in [-0.15, -0.1) is 0 Å². The molecule has 188 valence electrons. The Balaban J connectivity index is 1.43. The van der Waals surface area contributed by atoms with Crippen LogP contribution in [0.5, 0.6) is 5.75 Å². The van der Waals surface area contributed by atoms with Gasteiger partial charge in [0.2, 0.25) is 5.91 Å². The first-order valence-electron chi connectivity index (χ1n) is 12.5. The molecule has 1 heterocycles. The van der Waals surface area contributed by atoms with Crippen molar-refractivity contribution in [1.82, 2.24) is 10.2 Å². The number of piperidine rings is 1. The van der Waals surface area contributed by atoms with E-state index in [0.29, 0.717) is 24.6 Å². The standard InChI is InChI=1S/C30H33ClN2O3/c1-20(2)28(30(35)33-17-15-22(16-18-33)21-11-13-25(31)14-12-21)32-29(34)24-8-6-7-23(19-24)26-9-4-5-10-27(26)36-3/h4-14,19-20,22,28H,15-18H2,1-3H3,(H,32,34)/t28-/m1/s1. The number of hydrogen-bond acceptors (Lipinski definition) is 3. The van der Waals surface area contributed by atoms with Crippen LogP contribution in [-0.4, -0.2) is 43.0 Å². The van der Waals surface area contributed by atoms with Gasteiger partial charge in [0.15, 0.2) is 0 Å². The van der Waals surface area contributed by atoms with Crippen LogP contribution in [0.4, 0.5) is 0 Å². The fraction of sp³-hybridized carbons (Fsp3) is 0.333. The lowest BCUT2D eigenvalue weighted by Gasteiger charge is -2.35. The quantitative estimate of drug-likeness (QED) is 0.418. The van der Waals surface area contributed by atoms with Crippen LogP contribution in [0.3, 0.4) is 0 Å². The van der Waals surface area contributed by atoms with E-state index in [0.717, 1.165) is 34.7 Å². The van der Waals surface area contributed by atoms with Crippen molar-refractivity contribution in [3.05, 3.63) is 88.9 Å². The number of ether oxygens (including phenoxy) is 1. The molecule has 1 aliphatic rings. The Morgan fingerprint density at radius 3 is 2.33 bits per heavy atom. The predicted molar refractivity (Wildman–Crippen MR) is 145 cm³/mol. The average molecular weight is 505 g/mol. The summed E-state index contributed by atoms with van der Waals surface area (Å²) in [4.78, 5) is 28.6. The van der Waals surface area contributed by atoms with Crippen molar-refractivity contribution in [3.8, 4) is 16.9 Å². The Morgan fingerprint density at radius 1 is 0.972 bits per heavy atom. The maximum atomic E-state index is 13.4. The fourth-order valence-corrected chi connectivity index (χ4v) is 4.94. The third-order valence-electron chi connectivity index (χ3n) is 6.91. The number of amides is 2. The number of likely N-dealkylation sites (tertiary alicyclic amines) is 1. The molecule has 4 rings (SSSR count). The maximum Gasteiger partial charge on any atom is 0.251 e. The highest BCUT2D eigenvalue weighted by Gasteiger charge is 2.31. The molecule has 0 unspecified atom stereocenters. The van der Waals surface area contributed by atoms with Gasteiger partial charge in [-0.3, -0.25) is 9.59 Å². The summed E-state index contributed by atoms with van der Waals surface area (Å²) in [5, 5.41) is 3.74. The molecule has 1 saturated heterocycles. The molecule has 5 nitrogen and oxygen atoms in total. The topological polar surface area (TPSA) is 58.6 Å². The van der Waals surface area contributed by atoms with E-state index in [1.54, 1.807) is 13.2 Å². The van der Waals surface area contributed by atoms with Gasteiger partial charge < -0.3 is 15.0 Å². The SMILES string of the molecule is COc1ccccc1-c1cccc(C(=O)N[C@@H](C(=O)N2CCC(c3ccc(Cl)cc3)CC2)C(C)C)c1. The van der Waals surface area contributed by atoms with Gasteiger partial charge in [0.25, 0.3) is 5.91 Å². The number of methoxy groups -OCH3 is 1. The van der Waals surface area contributed by atoms with Crippen LogP contribution in [0.1, 0.15) is 48.5 Å². The van der Waals surface area contributed by atoms with Crippen LogP contribution in [0, 0.1) is 5.92 Å². The minimum Gasteiger partial charge on any atom is -0.496 e. The van der Waals surface area contributed by atoms with E-state index in [-0.39, 0.29) is 17.7 Å². The predicted octanol–water partition coefficient (Wildman–Crippen LogP) is 6.18. The first-order chi connectivity index (χ1) is 17.4. The minimum absolute atomic E-state index is 0.0196. The third-order valence-corrected chi connectivity index (χ3v) is 7.16. The van der Waals surface area contributed by atoms with E-state index in [1.165, 1.54) is 5.56 Å². The molecule has 1 aliphatic heterocycles. The number of para-hydroxylation sites is 1. The molecule has 1 atom stereocenters. The Kier molecular flexibility index (Phi) is 8.32. The zero-order valence-electron chi connectivity index (χ0n) is 21.0. The van der Waals surface area contributed by atoms with Gasteiger partial charge >= 0.3 is 0 Å². The zero-order valence-corrected chi connectivity index (χ0v) is 21.8. The highest BCUT2D eigenvalue weighted by molar-refractivity contribution is 6.30. The van der Waals surface area contributed by atoms with Gasteiger partial charge in [-0.25, -0.2) is 0 Å². The number of hydrogen-bond donors (Lipinski definition) is 1. The monoisotopic (exact) mass is 504 g/mol. The molecule has 0 radical (unpaired) electrons. The molecule has 3 aromatic rings. The smallest absolute Gasteiger partial charge is 0.251 e. The Labute approximate surface area is 218 Å². The Hall–Kier alpha value is -3.31. The zero-order chi connectivity index (χ0) is 25.7. The lowest BCUT2D eigenvalue weighted by atomic mass is 9.89. The number of nitrogens with zero attached hydrogens (tertiary/aromatic N) is 1. The summed E-state index contributed by atoms with van der Waals surface area (Å²) in [6, 6.07) is 22.5. The lowest BCUT2D eigenvalue weighted by molar-refractivity contribution is -0.135. The van der Waals surface area contributed by atoms with Crippen LogP contribution in [-0.2, 0) is 4.79 Å². The third kappa shape index (κ3) is 5.90. The van der Waals surface area contributed by atoms with Gasteiger partial charge in [0.1, 0.15) is 11.8 Å². The van der Waals surface area contributed by atoms with Crippen molar-refractivity contribution in [2.75, 3.05) is 20.2 Å². The summed E-state index contributed by atoms with van der Waals surface area (Å²) in [5.41, 5.74) is 3.57. The van der Waals surface area contributed by atoms with Gasteiger partial charge in [-0.1, -0.05) is 67.9 Å². The second-order valence-corrected chi connectivity index (χ2v) is 10.1. The summed E-state index contributed by atoms with van der Waals surface area (Å²) in [6.45, 7) is 5.28. The molecule has 2 amide bonds. The van der Waals surface area contributed by atoms with Crippen LogP contribution in [0.15, 0.2) is 72.8 Å². The van der Waals surface area contributed by atoms with E-state index in [4.69, 9.17) is 16.3 Å². The highest BCUT2D eigenvalue weighted by atomic mass is 35.5. The van der Waals surface area contributed by atoms with Gasteiger partial charge in [-0.2, -0.15) is 0 Å². The molecule has 0 aliphatic carbocycles. The molecule has 0 aromatic heterocycles. The van der Waals surface area contributed by atoms with Gasteiger partial charge in [0.05, 0.1) is 7.11 Å². The van der Waals surface area contributed by atoms with E-state index >= 15 is 0 Å². The van der Waals surface area contributed by atoms with Gasteiger partial charge in [0, 0.05) is 29.2 Å². The Bertz CT molecular complexity index is 1200. The molecule has 1 fully saturated rings.